The number of carbonyl (C=O) groups excluding carboxylic acids is 2. The number of ether oxygens (including phenoxy) is 2. The molecule has 6 nitrogen and oxygen atoms in total. The maximum Gasteiger partial charge on any atom is 0.260 e. The first-order valence-corrected chi connectivity index (χ1v) is 9.78. The number of hydrogen-bond acceptors (Lipinski definition) is 4. The average molecular weight is 398 g/mol. The Hall–Kier alpha value is -2.93. The number of carbonyl (C=O) groups is 2. The minimum atomic E-state index is -0.300. The van der Waals surface area contributed by atoms with Crippen molar-refractivity contribution in [1.29, 1.82) is 0 Å². The van der Waals surface area contributed by atoms with Gasteiger partial charge in [0.1, 0.15) is 17.7 Å². The molecule has 2 heterocycles. The van der Waals surface area contributed by atoms with Gasteiger partial charge in [0.2, 0.25) is 5.91 Å². The summed E-state index contributed by atoms with van der Waals surface area (Å²) in [7, 11) is 0. The molecule has 0 N–H and O–H groups in total. The highest BCUT2D eigenvalue weighted by molar-refractivity contribution is 5.95. The molecule has 2 aliphatic heterocycles. The van der Waals surface area contributed by atoms with Crippen LogP contribution in [0.15, 0.2) is 48.5 Å². The van der Waals surface area contributed by atoms with Crippen molar-refractivity contribution in [3.63, 3.8) is 0 Å². The number of anilines is 1. The molecular weight excluding hydrogens is 375 g/mol. The Balaban J connectivity index is 1.31. The molecule has 1 atom stereocenters. The summed E-state index contributed by atoms with van der Waals surface area (Å²) in [6, 6.07) is 13.4. The van der Waals surface area contributed by atoms with Gasteiger partial charge in [-0.25, -0.2) is 4.39 Å². The van der Waals surface area contributed by atoms with Gasteiger partial charge < -0.3 is 19.3 Å². The van der Waals surface area contributed by atoms with Crippen LogP contribution >= 0.6 is 0 Å². The van der Waals surface area contributed by atoms with E-state index in [1.54, 1.807) is 34.1 Å². The van der Waals surface area contributed by atoms with Crippen molar-refractivity contribution in [3.8, 4) is 5.75 Å². The van der Waals surface area contributed by atoms with Gasteiger partial charge in [-0.1, -0.05) is 12.1 Å². The number of hydrogen-bond donors (Lipinski definition) is 0. The highest BCUT2D eigenvalue weighted by Crippen LogP contribution is 2.25. The van der Waals surface area contributed by atoms with Crippen LogP contribution in [0.3, 0.4) is 0 Å². The maximum atomic E-state index is 13.1. The lowest BCUT2D eigenvalue weighted by Crippen LogP contribution is -2.44. The second-order valence-corrected chi connectivity index (χ2v) is 7.18. The molecule has 0 saturated carbocycles. The zero-order valence-electron chi connectivity index (χ0n) is 16.1. The normalized spacial score (nSPS) is 19.5. The van der Waals surface area contributed by atoms with Crippen LogP contribution < -0.4 is 9.64 Å². The van der Waals surface area contributed by atoms with E-state index < -0.39 is 0 Å². The zero-order chi connectivity index (χ0) is 20.2. The zero-order valence-corrected chi connectivity index (χ0v) is 16.1. The van der Waals surface area contributed by atoms with Crippen molar-refractivity contribution in [2.24, 2.45) is 0 Å². The largest absolute Gasteiger partial charge is 0.484 e. The Morgan fingerprint density at radius 1 is 1.10 bits per heavy atom. The third-order valence-electron chi connectivity index (χ3n) is 5.25. The van der Waals surface area contributed by atoms with Crippen LogP contribution in [0.4, 0.5) is 10.1 Å². The number of halogens is 1. The van der Waals surface area contributed by atoms with Gasteiger partial charge in [0.15, 0.2) is 6.61 Å². The first-order valence-electron chi connectivity index (χ1n) is 9.78. The predicted octanol–water partition coefficient (Wildman–Crippen LogP) is 2.93. The third kappa shape index (κ3) is 4.56. The van der Waals surface area contributed by atoms with Crippen molar-refractivity contribution in [3.05, 3.63) is 59.9 Å². The summed E-state index contributed by atoms with van der Waals surface area (Å²) in [5.74, 6) is 0.291. The quantitative estimate of drug-likeness (QED) is 0.777. The molecule has 2 aromatic carbocycles. The second kappa shape index (κ2) is 8.61. The molecule has 152 valence electrons. The van der Waals surface area contributed by atoms with Gasteiger partial charge >= 0.3 is 0 Å². The van der Waals surface area contributed by atoms with Crippen LogP contribution in [0, 0.1) is 5.82 Å². The molecule has 2 saturated heterocycles. The molecule has 7 heteroatoms. The minimum Gasteiger partial charge on any atom is -0.484 e. The molecule has 0 spiro atoms. The van der Waals surface area contributed by atoms with Crippen LogP contribution in [-0.4, -0.2) is 49.6 Å². The van der Waals surface area contributed by atoms with Gasteiger partial charge in [-0.2, -0.15) is 0 Å². The molecule has 0 bridgehead atoms. The van der Waals surface area contributed by atoms with E-state index in [1.807, 2.05) is 12.1 Å². The molecule has 1 unspecified atom stereocenters. The Labute approximate surface area is 168 Å². The van der Waals surface area contributed by atoms with Crippen LogP contribution in [0.1, 0.15) is 24.5 Å². The van der Waals surface area contributed by atoms with E-state index in [9.17, 15) is 14.0 Å². The first kappa shape index (κ1) is 19.4. The number of benzene rings is 2. The highest BCUT2D eigenvalue weighted by atomic mass is 19.1. The second-order valence-electron chi connectivity index (χ2n) is 7.18. The predicted molar refractivity (Wildman–Crippen MR) is 105 cm³/mol. The molecule has 2 fully saturated rings. The topological polar surface area (TPSA) is 59.1 Å². The molecule has 29 heavy (non-hydrogen) atoms. The van der Waals surface area contributed by atoms with Crippen LogP contribution in [0.2, 0.25) is 0 Å². The Bertz CT molecular complexity index is 869. The van der Waals surface area contributed by atoms with E-state index in [2.05, 4.69) is 0 Å². The highest BCUT2D eigenvalue weighted by Gasteiger charge is 2.26. The van der Waals surface area contributed by atoms with Gasteiger partial charge in [-0.05, 0) is 48.4 Å². The lowest BCUT2D eigenvalue weighted by Gasteiger charge is -2.33. The van der Waals surface area contributed by atoms with Gasteiger partial charge in [0.25, 0.3) is 5.91 Å². The number of morpholine rings is 1. The SMILES string of the molecule is O=C(COc1ccc(N2CCCC2=O)cc1)N1CCOC(c2ccc(F)cc2)C1. The fourth-order valence-corrected chi connectivity index (χ4v) is 3.63. The number of rotatable bonds is 5. The van der Waals surface area contributed by atoms with Gasteiger partial charge in [0, 0.05) is 25.2 Å². The maximum absolute atomic E-state index is 13.1. The van der Waals surface area contributed by atoms with Crippen molar-refractivity contribution in [2.45, 2.75) is 18.9 Å². The van der Waals surface area contributed by atoms with E-state index in [1.165, 1.54) is 12.1 Å². The van der Waals surface area contributed by atoms with E-state index in [4.69, 9.17) is 9.47 Å². The van der Waals surface area contributed by atoms with Crippen molar-refractivity contribution in [2.75, 3.05) is 37.7 Å². The molecular formula is C22H23FN2O4. The van der Waals surface area contributed by atoms with Gasteiger partial charge in [-0.3, -0.25) is 9.59 Å². The van der Waals surface area contributed by atoms with Crippen molar-refractivity contribution in [1.82, 2.24) is 4.90 Å². The lowest BCUT2D eigenvalue weighted by atomic mass is 10.1. The summed E-state index contributed by atoms with van der Waals surface area (Å²) in [5.41, 5.74) is 1.69. The average Bonchev–Trinajstić information content (AvgIpc) is 3.19. The van der Waals surface area contributed by atoms with Gasteiger partial charge in [-0.15, -0.1) is 0 Å². The van der Waals surface area contributed by atoms with E-state index in [0.29, 0.717) is 31.9 Å². The minimum absolute atomic E-state index is 0.0713. The van der Waals surface area contributed by atoms with Crippen LogP contribution in [0.5, 0.6) is 5.75 Å². The Kier molecular flexibility index (Phi) is 5.76. The summed E-state index contributed by atoms with van der Waals surface area (Å²) >= 11 is 0. The van der Waals surface area contributed by atoms with Crippen LogP contribution in [-0.2, 0) is 14.3 Å². The molecule has 0 radical (unpaired) electrons. The molecule has 2 aliphatic rings. The monoisotopic (exact) mass is 398 g/mol. The summed E-state index contributed by atoms with van der Waals surface area (Å²) < 4.78 is 24.5. The molecule has 0 aliphatic carbocycles. The Morgan fingerprint density at radius 3 is 2.55 bits per heavy atom. The smallest absolute Gasteiger partial charge is 0.260 e. The van der Waals surface area contributed by atoms with Gasteiger partial charge in [0.05, 0.1) is 13.2 Å². The summed E-state index contributed by atoms with van der Waals surface area (Å²) in [6.45, 7) is 1.99. The lowest BCUT2D eigenvalue weighted by molar-refractivity contribution is -0.141. The molecule has 4 rings (SSSR count). The standard InChI is InChI=1S/C22H23FN2O4/c23-17-5-3-16(4-6-17)20-14-24(12-13-28-20)22(27)15-29-19-9-7-18(8-10-19)25-11-1-2-21(25)26/h3-10,20H,1-2,11-15H2. The molecule has 2 amide bonds. The van der Waals surface area contributed by atoms with Crippen molar-refractivity contribution < 1.29 is 23.5 Å². The van der Waals surface area contributed by atoms with E-state index in [-0.39, 0.29) is 30.3 Å². The number of amides is 2. The third-order valence-corrected chi connectivity index (χ3v) is 5.25. The van der Waals surface area contributed by atoms with Crippen molar-refractivity contribution >= 4 is 17.5 Å². The molecule has 0 aromatic heterocycles. The fraction of sp³-hybridized carbons (Fsp3) is 0.364. The van der Waals surface area contributed by atoms with Crippen LogP contribution in [0.25, 0.3) is 0 Å². The summed E-state index contributed by atoms with van der Waals surface area (Å²) in [5, 5.41) is 0. The Morgan fingerprint density at radius 2 is 1.86 bits per heavy atom. The summed E-state index contributed by atoms with van der Waals surface area (Å²) in [6.07, 6.45) is 1.19. The fourth-order valence-electron chi connectivity index (χ4n) is 3.63. The summed E-state index contributed by atoms with van der Waals surface area (Å²) in [4.78, 5) is 27.8. The first-order chi connectivity index (χ1) is 14.1. The molecule has 2 aromatic rings. The number of nitrogens with zero attached hydrogens (tertiary/aromatic N) is 2. The van der Waals surface area contributed by atoms with E-state index >= 15 is 0 Å². The van der Waals surface area contributed by atoms with E-state index in [0.717, 1.165) is 24.2 Å².